The molecule has 112 valence electrons. The second-order valence-corrected chi connectivity index (χ2v) is 4.74. The molecule has 9 nitrogen and oxygen atoms in total. The van der Waals surface area contributed by atoms with Crippen LogP contribution in [0.2, 0.25) is 0 Å². The number of aliphatic hydroxyl groups is 3. The predicted molar refractivity (Wildman–Crippen MR) is 68.8 cm³/mol. The molecule has 0 unspecified atom stereocenters. The van der Waals surface area contributed by atoms with Crippen molar-refractivity contribution in [3.05, 3.63) is 22.7 Å². The van der Waals surface area contributed by atoms with Crippen molar-refractivity contribution in [2.75, 3.05) is 25.9 Å². The van der Waals surface area contributed by atoms with E-state index in [1.54, 1.807) is 7.05 Å². The summed E-state index contributed by atoms with van der Waals surface area (Å²) in [6.07, 6.45) is -2.56. The van der Waals surface area contributed by atoms with E-state index in [9.17, 15) is 20.1 Å². The van der Waals surface area contributed by atoms with E-state index in [1.807, 2.05) is 0 Å². The minimum atomic E-state index is -1.39. The lowest BCUT2D eigenvalue weighted by molar-refractivity contribution is -0.126. The zero-order valence-corrected chi connectivity index (χ0v) is 10.9. The number of aliphatic hydroxyl groups excluding tert-OH is 3. The van der Waals surface area contributed by atoms with Gasteiger partial charge >= 0.3 is 5.69 Å². The largest absolute Gasteiger partial charge is 0.393 e. The van der Waals surface area contributed by atoms with E-state index in [2.05, 4.69) is 10.3 Å². The molecule has 0 bridgehead atoms. The third-order valence-electron chi connectivity index (χ3n) is 3.38. The number of likely N-dealkylation sites (N-methyl/N-ethyl adjacent to an activating group) is 1. The van der Waals surface area contributed by atoms with Crippen molar-refractivity contribution in [3.63, 3.8) is 0 Å². The SMILES string of the molecule is CNC[C@]1(CO)O[C@@H](n2ccc(N)nc2=O)[C@H](O)[C@@H]1O. The third kappa shape index (κ3) is 2.30. The smallest absolute Gasteiger partial charge is 0.351 e. The summed E-state index contributed by atoms with van der Waals surface area (Å²) < 4.78 is 6.56. The Labute approximate surface area is 114 Å². The van der Waals surface area contributed by atoms with E-state index < -0.39 is 36.3 Å². The second kappa shape index (κ2) is 5.46. The van der Waals surface area contributed by atoms with Crippen molar-refractivity contribution in [1.29, 1.82) is 0 Å². The number of nitrogen functional groups attached to an aromatic ring is 1. The van der Waals surface area contributed by atoms with Crippen LogP contribution in [0.25, 0.3) is 0 Å². The number of nitrogens with two attached hydrogens (primary N) is 1. The van der Waals surface area contributed by atoms with Gasteiger partial charge in [0, 0.05) is 12.7 Å². The summed E-state index contributed by atoms with van der Waals surface area (Å²) in [5, 5.41) is 32.4. The average molecular weight is 286 g/mol. The molecule has 0 aliphatic carbocycles. The Hall–Kier alpha value is -1.52. The summed E-state index contributed by atoms with van der Waals surface area (Å²) in [4.78, 5) is 15.3. The Morgan fingerprint density at radius 1 is 1.60 bits per heavy atom. The lowest BCUT2D eigenvalue weighted by Crippen LogP contribution is -2.52. The first-order valence-corrected chi connectivity index (χ1v) is 6.09. The number of ether oxygens (including phenoxy) is 1. The number of nitrogens with zero attached hydrogens (tertiary/aromatic N) is 2. The summed E-state index contributed by atoms with van der Waals surface area (Å²) in [5.74, 6) is 0.0444. The van der Waals surface area contributed by atoms with Gasteiger partial charge in [0.2, 0.25) is 0 Å². The number of rotatable bonds is 4. The number of hydrogen-bond acceptors (Lipinski definition) is 8. The molecule has 0 radical (unpaired) electrons. The highest BCUT2D eigenvalue weighted by Gasteiger charge is 2.54. The Bertz CT molecular complexity index is 536. The number of anilines is 1. The van der Waals surface area contributed by atoms with Crippen LogP contribution >= 0.6 is 0 Å². The molecule has 20 heavy (non-hydrogen) atoms. The maximum Gasteiger partial charge on any atom is 0.351 e. The molecule has 0 spiro atoms. The maximum absolute atomic E-state index is 11.8. The highest BCUT2D eigenvalue weighted by atomic mass is 16.6. The van der Waals surface area contributed by atoms with Gasteiger partial charge in [-0.05, 0) is 13.1 Å². The summed E-state index contributed by atoms with van der Waals surface area (Å²) in [5.41, 5.74) is 3.29. The first-order valence-electron chi connectivity index (χ1n) is 6.09. The van der Waals surface area contributed by atoms with Crippen LogP contribution in [0.15, 0.2) is 17.1 Å². The first kappa shape index (κ1) is 14.9. The molecule has 0 saturated carbocycles. The lowest BCUT2D eigenvalue weighted by atomic mass is 9.96. The fraction of sp³-hybridized carbons (Fsp3) is 0.636. The van der Waals surface area contributed by atoms with Gasteiger partial charge in [0.25, 0.3) is 0 Å². The van der Waals surface area contributed by atoms with E-state index in [4.69, 9.17) is 10.5 Å². The summed E-state index contributed by atoms with van der Waals surface area (Å²) >= 11 is 0. The van der Waals surface area contributed by atoms with Crippen LogP contribution in [-0.2, 0) is 4.74 Å². The molecule has 1 aliphatic heterocycles. The fourth-order valence-electron chi connectivity index (χ4n) is 2.32. The molecule has 1 aliphatic rings. The molecular weight excluding hydrogens is 268 g/mol. The Kier molecular flexibility index (Phi) is 4.06. The monoisotopic (exact) mass is 286 g/mol. The maximum atomic E-state index is 11.8. The molecule has 4 atom stereocenters. The van der Waals surface area contributed by atoms with Crippen molar-refractivity contribution in [3.8, 4) is 0 Å². The standard InChI is InChI=1S/C11H18N4O5/c1-13-4-11(5-16)8(18)7(17)9(20-11)15-3-2-6(12)14-10(15)19/h2-3,7-9,13,16-18H,4-5H2,1H3,(H2,12,14,19)/t7-,8+,9-,11-/m1/s1. The van der Waals surface area contributed by atoms with Gasteiger partial charge in [-0.15, -0.1) is 0 Å². The summed E-state index contributed by atoms with van der Waals surface area (Å²) in [7, 11) is 1.62. The van der Waals surface area contributed by atoms with E-state index in [0.29, 0.717) is 0 Å². The van der Waals surface area contributed by atoms with E-state index in [0.717, 1.165) is 4.57 Å². The molecule has 1 aromatic heterocycles. The van der Waals surface area contributed by atoms with Crippen LogP contribution in [-0.4, -0.2) is 62.9 Å². The summed E-state index contributed by atoms with van der Waals surface area (Å²) in [6.45, 7) is -0.408. The zero-order chi connectivity index (χ0) is 14.9. The predicted octanol–water partition coefficient (Wildman–Crippen LogP) is -2.97. The number of nitrogens with one attached hydrogen (secondary N) is 1. The molecule has 6 N–H and O–H groups in total. The van der Waals surface area contributed by atoms with Crippen molar-refractivity contribution < 1.29 is 20.1 Å². The van der Waals surface area contributed by atoms with Gasteiger partial charge in [-0.25, -0.2) is 4.79 Å². The van der Waals surface area contributed by atoms with Crippen LogP contribution in [0.1, 0.15) is 6.23 Å². The molecule has 0 amide bonds. The lowest BCUT2D eigenvalue weighted by Gasteiger charge is -2.29. The number of hydrogen-bond donors (Lipinski definition) is 5. The van der Waals surface area contributed by atoms with Crippen LogP contribution in [0.3, 0.4) is 0 Å². The molecule has 1 saturated heterocycles. The first-order chi connectivity index (χ1) is 9.45. The van der Waals surface area contributed by atoms with Crippen LogP contribution < -0.4 is 16.7 Å². The molecular formula is C11H18N4O5. The van der Waals surface area contributed by atoms with E-state index >= 15 is 0 Å². The van der Waals surface area contributed by atoms with Crippen LogP contribution in [0.5, 0.6) is 0 Å². The van der Waals surface area contributed by atoms with Crippen LogP contribution in [0.4, 0.5) is 5.82 Å². The van der Waals surface area contributed by atoms with Crippen molar-refractivity contribution in [2.24, 2.45) is 0 Å². The third-order valence-corrected chi connectivity index (χ3v) is 3.38. The van der Waals surface area contributed by atoms with Crippen molar-refractivity contribution in [2.45, 2.75) is 24.0 Å². The molecule has 1 aromatic rings. The summed E-state index contributed by atoms with van der Waals surface area (Å²) in [6, 6.07) is 1.38. The quantitative estimate of drug-likeness (QED) is 0.395. The second-order valence-electron chi connectivity index (χ2n) is 4.74. The molecule has 2 heterocycles. The highest BCUT2D eigenvalue weighted by Crippen LogP contribution is 2.36. The zero-order valence-electron chi connectivity index (χ0n) is 10.9. The minimum absolute atomic E-state index is 0.0444. The Balaban J connectivity index is 2.37. The Morgan fingerprint density at radius 3 is 2.85 bits per heavy atom. The Morgan fingerprint density at radius 2 is 2.30 bits per heavy atom. The normalized spacial score (nSPS) is 33.5. The molecule has 1 fully saturated rings. The van der Waals surface area contributed by atoms with Gasteiger partial charge in [0.05, 0.1) is 6.61 Å². The van der Waals surface area contributed by atoms with Gasteiger partial charge in [0.15, 0.2) is 6.23 Å². The van der Waals surface area contributed by atoms with Gasteiger partial charge in [-0.1, -0.05) is 0 Å². The fourth-order valence-corrected chi connectivity index (χ4v) is 2.32. The molecule has 9 heteroatoms. The van der Waals surface area contributed by atoms with Crippen molar-refractivity contribution >= 4 is 5.82 Å². The van der Waals surface area contributed by atoms with Crippen molar-refractivity contribution in [1.82, 2.24) is 14.9 Å². The van der Waals surface area contributed by atoms with Gasteiger partial charge < -0.3 is 31.1 Å². The van der Waals surface area contributed by atoms with Gasteiger partial charge in [-0.3, -0.25) is 4.57 Å². The molecule has 2 rings (SSSR count). The highest BCUT2D eigenvalue weighted by molar-refractivity contribution is 5.23. The van der Waals surface area contributed by atoms with Crippen LogP contribution in [0, 0.1) is 0 Å². The topological polar surface area (TPSA) is 143 Å². The van der Waals surface area contributed by atoms with E-state index in [-0.39, 0.29) is 12.4 Å². The van der Waals surface area contributed by atoms with E-state index in [1.165, 1.54) is 12.3 Å². The average Bonchev–Trinajstić information content (AvgIpc) is 2.65. The van der Waals surface area contributed by atoms with Gasteiger partial charge in [-0.2, -0.15) is 4.98 Å². The van der Waals surface area contributed by atoms with Gasteiger partial charge in [0.1, 0.15) is 23.6 Å². The minimum Gasteiger partial charge on any atom is -0.393 e. The molecule has 0 aromatic carbocycles. The number of aromatic nitrogens is 2.